The highest BCUT2D eigenvalue weighted by Gasteiger charge is 2.69. The van der Waals surface area contributed by atoms with E-state index in [0.717, 1.165) is 5.69 Å². The average molecular weight is 330 g/mol. The second-order valence-corrected chi connectivity index (χ2v) is 6.75. The summed E-state index contributed by atoms with van der Waals surface area (Å²) in [4.78, 5) is 25.7. The predicted molar refractivity (Wildman–Crippen MR) is 82.6 cm³/mol. The van der Waals surface area contributed by atoms with Gasteiger partial charge in [0.05, 0.1) is 0 Å². The second kappa shape index (κ2) is 5.85. The Kier molecular flexibility index (Phi) is 4.49. The molecule has 1 amide bonds. The lowest BCUT2D eigenvalue weighted by Gasteiger charge is -2.21. The smallest absolute Gasteiger partial charge is 0.315 e. The van der Waals surface area contributed by atoms with Crippen molar-refractivity contribution in [3.8, 4) is 0 Å². The van der Waals surface area contributed by atoms with Gasteiger partial charge in [-0.15, -0.1) is 23.2 Å². The van der Waals surface area contributed by atoms with Crippen LogP contribution in [0.3, 0.4) is 0 Å². The van der Waals surface area contributed by atoms with E-state index in [9.17, 15) is 9.59 Å². The molecule has 0 saturated heterocycles. The first-order chi connectivity index (χ1) is 9.82. The van der Waals surface area contributed by atoms with Gasteiger partial charge < -0.3 is 9.64 Å². The highest BCUT2D eigenvalue weighted by atomic mass is 35.5. The zero-order chi connectivity index (χ0) is 15.7. The molecule has 0 aliphatic heterocycles. The van der Waals surface area contributed by atoms with E-state index in [1.165, 1.54) is 0 Å². The summed E-state index contributed by atoms with van der Waals surface area (Å²) in [6, 6.07) is 9.22. The van der Waals surface area contributed by atoms with Gasteiger partial charge in [-0.1, -0.05) is 18.2 Å². The van der Waals surface area contributed by atoms with Crippen molar-refractivity contribution in [1.82, 2.24) is 0 Å². The minimum atomic E-state index is -1.09. The lowest BCUT2D eigenvalue weighted by Crippen LogP contribution is -2.35. The largest absolute Gasteiger partial charge is 0.455 e. The quantitative estimate of drug-likeness (QED) is 0.615. The molecule has 4 nitrogen and oxygen atoms in total. The third-order valence-electron chi connectivity index (χ3n) is 3.72. The van der Waals surface area contributed by atoms with Crippen LogP contribution in [0, 0.1) is 5.41 Å². The molecule has 0 bridgehead atoms. The highest BCUT2D eigenvalue weighted by molar-refractivity contribution is 6.53. The Morgan fingerprint density at radius 1 is 1.29 bits per heavy atom. The topological polar surface area (TPSA) is 46.6 Å². The molecule has 1 fully saturated rings. The van der Waals surface area contributed by atoms with Crippen molar-refractivity contribution in [2.24, 2.45) is 5.41 Å². The van der Waals surface area contributed by atoms with Crippen molar-refractivity contribution in [3.63, 3.8) is 0 Å². The fourth-order valence-corrected chi connectivity index (χ4v) is 2.79. The SMILES string of the molecule is CCN(C(=O)COC(=O)C1(C)CC1(Cl)Cl)c1ccccc1. The van der Waals surface area contributed by atoms with E-state index >= 15 is 0 Å². The zero-order valence-corrected chi connectivity index (χ0v) is 13.4. The lowest BCUT2D eigenvalue weighted by molar-refractivity contribution is -0.152. The van der Waals surface area contributed by atoms with Crippen LogP contribution in [-0.2, 0) is 14.3 Å². The molecule has 1 aliphatic rings. The molecule has 6 heteroatoms. The Bertz CT molecular complexity index is 547. The number of hydrogen-bond donors (Lipinski definition) is 0. The molecule has 0 radical (unpaired) electrons. The van der Waals surface area contributed by atoms with Gasteiger partial charge in [-0.2, -0.15) is 0 Å². The number of rotatable bonds is 5. The van der Waals surface area contributed by atoms with Gasteiger partial charge in [-0.3, -0.25) is 9.59 Å². The summed E-state index contributed by atoms with van der Waals surface area (Å²) in [7, 11) is 0. The van der Waals surface area contributed by atoms with Crippen LogP contribution in [0.1, 0.15) is 20.3 Å². The number of carbonyl (C=O) groups excluding carboxylic acids is 2. The van der Waals surface area contributed by atoms with Gasteiger partial charge in [0, 0.05) is 18.7 Å². The number of ether oxygens (including phenoxy) is 1. The molecule has 1 atom stereocenters. The van der Waals surface area contributed by atoms with Crippen LogP contribution >= 0.6 is 23.2 Å². The number of para-hydroxylation sites is 1. The maximum absolute atomic E-state index is 12.2. The van der Waals surface area contributed by atoms with Crippen LogP contribution in [0.15, 0.2) is 30.3 Å². The normalized spacial score (nSPS) is 22.5. The van der Waals surface area contributed by atoms with Crippen molar-refractivity contribution in [2.75, 3.05) is 18.1 Å². The van der Waals surface area contributed by atoms with E-state index in [4.69, 9.17) is 27.9 Å². The molecule has 2 rings (SSSR count). The Hall–Kier alpha value is -1.26. The third-order valence-corrected chi connectivity index (χ3v) is 4.82. The second-order valence-electron chi connectivity index (χ2n) is 5.26. The van der Waals surface area contributed by atoms with E-state index in [0.29, 0.717) is 13.0 Å². The molecule has 114 valence electrons. The van der Waals surface area contributed by atoms with Crippen LogP contribution in [-0.4, -0.2) is 29.4 Å². The number of benzene rings is 1. The molecule has 0 heterocycles. The third kappa shape index (κ3) is 3.16. The lowest BCUT2D eigenvalue weighted by atomic mass is 10.1. The van der Waals surface area contributed by atoms with Gasteiger partial charge in [0.2, 0.25) is 0 Å². The summed E-state index contributed by atoms with van der Waals surface area (Å²) in [6.45, 7) is 3.67. The minimum absolute atomic E-state index is 0.281. The van der Waals surface area contributed by atoms with Gasteiger partial charge in [0.1, 0.15) is 9.75 Å². The van der Waals surface area contributed by atoms with Crippen LogP contribution < -0.4 is 4.90 Å². The summed E-state index contributed by atoms with van der Waals surface area (Å²) < 4.78 is 3.99. The Balaban J connectivity index is 1.94. The fourth-order valence-electron chi connectivity index (χ4n) is 2.10. The molecule has 0 N–H and O–H groups in total. The van der Waals surface area contributed by atoms with Crippen molar-refractivity contribution in [1.29, 1.82) is 0 Å². The summed E-state index contributed by atoms with van der Waals surface area (Å²) in [5.41, 5.74) is -0.150. The highest BCUT2D eigenvalue weighted by Crippen LogP contribution is 2.64. The van der Waals surface area contributed by atoms with Crippen molar-refractivity contribution in [2.45, 2.75) is 24.6 Å². The van der Waals surface area contributed by atoms with Gasteiger partial charge in [0.15, 0.2) is 6.61 Å². The Morgan fingerprint density at radius 3 is 2.33 bits per heavy atom. The van der Waals surface area contributed by atoms with Gasteiger partial charge >= 0.3 is 5.97 Å². The van der Waals surface area contributed by atoms with Crippen LogP contribution in [0.2, 0.25) is 0 Å². The molecule has 1 unspecified atom stereocenters. The van der Waals surface area contributed by atoms with Gasteiger partial charge in [0.25, 0.3) is 5.91 Å². The molecule has 21 heavy (non-hydrogen) atoms. The van der Waals surface area contributed by atoms with Crippen molar-refractivity contribution < 1.29 is 14.3 Å². The molecule has 1 saturated carbocycles. The van der Waals surface area contributed by atoms with E-state index < -0.39 is 15.7 Å². The van der Waals surface area contributed by atoms with Gasteiger partial charge in [-0.05, 0) is 26.0 Å². The first kappa shape index (κ1) is 16.1. The molecule has 0 aromatic heterocycles. The number of alkyl halides is 2. The maximum Gasteiger partial charge on any atom is 0.315 e. The number of hydrogen-bond acceptors (Lipinski definition) is 3. The first-order valence-electron chi connectivity index (χ1n) is 6.72. The Labute approximate surface area is 134 Å². The Morgan fingerprint density at radius 2 is 1.86 bits per heavy atom. The van der Waals surface area contributed by atoms with Crippen molar-refractivity contribution in [3.05, 3.63) is 30.3 Å². The van der Waals surface area contributed by atoms with E-state index in [1.54, 1.807) is 11.8 Å². The number of amides is 1. The average Bonchev–Trinajstić information content (AvgIpc) is 2.98. The standard InChI is InChI=1S/C15H17Cl2NO3/c1-3-18(11-7-5-4-6-8-11)12(19)9-21-13(20)14(2)10-15(14,16)17/h4-8H,3,9-10H2,1-2H3. The van der Waals surface area contributed by atoms with E-state index in [2.05, 4.69) is 0 Å². The zero-order valence-electron chi connectivity index (χ0n) is 11.9. The molecule has 1 aromatic rings. The summed E-state index contributed by atoms with van der Waals surface area (Å²) in [5, 5.41) is 0. The molecule has 1 aliphatic carbocycles. The maximum atomic E-state index is 12.2. The number of likely N-dealkylation sites (N-methyl/N-ethyl adjacent to an activating group) is 1. The summed E-state index contributed by atoms with van der Waals surface area (Å²) in [5.74, 6) is -0.819. The molecule has 1 aromatic carbocycles. The van der Waals surface area contributed by atoms with Crippen LogP contribution in [0.25, 0.3) is 0 Å². The minimum Gasteiger partial charge on any atom is -0.455 e. The molecule has 0 spiro atoms. The van der Waals surface area contributed by atoms with E-state index in [1.807, 2.05) is 37.3 Å². The fraction of sp³-hybridized carbons (Fsp3) is 0.467. The van der Waals surface area contributed by atoms with E-state index in [-0.39, 0.29) is 12.5 Å². The van der Waals surface area contributed by atoms with Crippen molar-refractivity contribution >= 4 is 40.8 Å². The summed E-state index contributed by atoms with van der Waals surface area (Å²) >= 11 is 11.8. The monoisotopic (exact) mass is 329 g/mol. The summed E-state index contributed by atoms with van der Waals surface area (Å²) in [6.07, 6.45) is 0.340. The van der Waals surface area contributed by atoms with Gasteiger partial charge in [-0.25, -0.2) is 0 Å². The van der Waals surface area contributed by atoms with Crippen LogP contribution in [0.5, 0.6) is 0 Å². The number of carbonyl (C=O) groups is 2. The first-order valence-corrected chi connectivity index (χ1v) is 7.48. The molecular weight excluding hydrogens is 313 g/mol. The number of esters is 1. The van der Waals surface area contributed by atoms with Crippen LogP contribution in [0.4, 0.5) is 5.69 Å². The predicted octanol–water partition coefficient (Wildman–Crippen LogP) is 3.17. The molecular formula is C15H17Cl2NO3. The number of nitrogens with zero attached hydrogens (tertiary/aromatic N) is 1. The number of anilines is 1. The number of halogens is 2.